The lowest BCUT2D eigenvalue weighted by molar-refractivity contribution is -0.119. The van der Waals surface area contributed by atoms with Crippen molar-refractivity contribution in [3.63, 3.8) is 0 Å². The zero-order valence-corrected chi connectivity index (χ0v) is 13.3. The van der Waals surface area contributed by atoms with Crippen molar-refractivity contribution in [2.24, 2.45) is 0 Å². The molecular formula is C15H22N2O3S. The van der Waals surface area contributed by atoms with E-state index in [2.05, 4.69) is 5.32 Å². The van der Waals surface area contributed by atoms with Gasteiger partial charge in [-0.2, -0.15) is 4.31 Å². The predicted octanol–water partition coefficient (Wildman–Crippen LogP) is 2.14. The summed E-state index contributed by atoms with van der Waals surface area (Å²) in [5.41, 5.74) is 1.81. The molecule has 0 aromatic heterocycles. The summed E-state index contributed by atoms with van der Waals surface area (Å²) < 4.78 is 25.7. The van der Waals surface area contributed by atoms with Crippen LogP contribution in [0.2, 0.25) is 0 Å². The van der Waals surface area contributed by atoms with Gasteiger partial charge in [-0.3, -0.25) is 4.79 Å². The molecule has 21 heavy (non-hydrogen) atoms. The average Bonchev–Trinajstić information content (AvgIpc) is 2.91. The van der Waals surface area contributed by atoms with E-state index in [4.69, 9.17) is 0 Å². The number of amides is 1. The number of rotatable bonds is 5. The maximum atomic E-state index is 12.3. The highest BCUT2D eigenvalue weighted by molar-refractivity contribution is 7.89. The van der Waals surface area contributed by atoms with E-state index in [0.717, 1.165) is 12.0 Å². The molecule has 6 heteroatoms. The number of nitrogens with one attached hydrogen (secondary N) is 1. The lowest BCUT2D eigenvalue weighted by Crippen LogP contribution is -2.44. The summed E-state index contributed by atoms with van der Waals surface area (Å²) in [6.45, 7) is 4.24. The summed E-state index contributed by atoms with van der Waals surface area (Å²) in [5.74, 6) is -0.141. The number of carbonyl (C=O) groups is 1. The van der Waals surface area contributed by atoms with E-state index >= 15 is 0 Å². The molecule has 0 saturated carbocycles. The Morgan fingerprint density at radius 2 is 2.00 bits per heavy atom. The molecule has 0 radical (unpaired) electrons. The molecule has 1 aliphatic rings. The number of hydrogen-bond acceptors (Lipinski definition) is 3. The standard InChI is InChI=1S/C15H22N2O3S/c1-3-11-21(19,20)17-10-4-5-14(17)15(18)16-13-8-6-12(2)7-9-13/h6-9,14H,3-5,10-11H2,1-2H3,(H,16,18). The second-order valence-corrected chi connectivity index (χ2v) is 7.48. The van der Waals surface area contributed by atoms with Gasteiger partial charge in [-0.05, 0) is 38.3 Å². The van der Waals surface area contributed by atoms with Gasteiger partial charge in [-0.25, -0.2) is 8.42 Å². The van der Waals surface area contributed by atoms with Crippen molar-refractivity contribution in [3.8, 4) is 0 Å². The van der Waals surface area contributed by atoms with Gasteiger partial charge in [0.1, 0.15) is 6.04 Å². The van der Waals surface area contributed by atoms with Gasteiger partial charge in [0.15, 0.2) is 0 Å². The first-order valence-corrected chi connectivity index (χ1v) is 8.92. The van der Waals surface area contributed by atoms with Gasteiger partial charge in [0.25, 0.3) is 0 Å². The molecule has 1 N–H and O–H groups in total. The van der Waals surface area contributed by atoms with Crippen LogP contribution in [-0.2, 0) is 14.8 Å². The first kappa shape index (κ1) is 16.0. The van der Waals surface area contributed by atoms with Crippen LogP contribution in [0.4, 0.5) is 5.69 Å². The summed E-state index contributed by atoms with van der Waals surface area (Å²) in [6, 6.07) is 6.90. The van der Waals surface area contributed by atoms with Crippen LogP contribution in [-0.4, -0.2) is 37.0 Å². The molecule has 1 heterocycles. The van der Waals surface area contributed by atoms with Crippen molar-refractivity contribution >= 4 is 21.6 Å². The van der Waals surface area contributed by atoms with E-state index in [1.165, 1.54) is 4.31 Å². The van der Waals surface area contributed by atoms with Gasteiger partial charge in [-0.15, -0.1) is 0 Å². The fourth-order valence-electron chi connectivity index (χ4n) is 2.57. The quantitative estimate of drug-likeness (QED) is 0.906. The Balaban J connectivity index is 2.09. The molecule has 0 spiro atoms. The van der Waals surface area contributed by atoms with Crippen LogP contribution in [0.25, 0.3) is 0 Å². The Hall–Kier alpha value is -1.40. The third kappa shape index (κ3) is 3.83. The molecule has 1 aromatic carbocycles. The minimum absolute atomic E-state index is 0.0985. The predicted molar refractivity (Wildman–Crippen MR) is 83.6 cm³/mol. The molecule has 0 aliphatic carbocycles. The van der Waals surface area contributed by atoms with Gasteiger partial charge in [0, 0.05) is 12.2 Å². The van der Waals surface area contributed by atoms with Crippen LogP contribution in [0, 0.1) is 6.92 Å². The summed E-state index contributed by atoms with van der Waals surface area (Å²) in [7, 11) is -3.33. The van der Waals surface area contributed by atoms with Crippen molar-refractivity contribution in [1.82, 2.24) is 4.31 Å². The van der Waals surface area contributed by atoms with Crippen molar-refractivity contribution < 1.29 is 13.2 Å². The first-order chi connectivity index (χ1) is 9.94. The lowest BCUT2D eigenvalue weighted by Gasteiger charge is -2.23. The Kier molecular flexibility index (Phi) is 5.00. The molecular weight excluding hydrogens is 288 g/mol. The molecule has 5 nitrogen and oxygen atoms in total. The molecule has 1 unspecified atom stereocenters. The maximum Gasteiger partial charge on any atom is 0.242 e. The highest BCUT2D eigenvalue weighted by Crippen LogP contribution is 2.23. The molecule has 1 saturated heterocycles. The highest BCUT2D eigenvalue weighted by Gasteiger charge is 2.37. The number of hydrogen-bond donors (Lipinski definition) is 1. The van der Waals surface area contributed by atoms with Crippen LogP contribution < -0.4 is 5.32 Å². The second-order valence-electron chi connectivity index (χ2n) is 5.44. The molecule has 1 aromatic rings. The minimum Gasteiger partial charge on any atom is -0.325 e. The second kappa shape index (κ2) is 6.58. The van der Waals surface area contributed by atoms with Crippen LogP contribution in [0.3, 0.4) is 0 Å². The third-order valence-electron chi connectivity index (χ3n) is 3.64. The summed E-state index contributed by atoms with van der Waals surface area (Å²) in [5, 5.41) is 2.81. The van der Waals surface area contributed by atoms with E-state index in [1.54, 1.807) is 0 Å². The number of carbonyl (C=O) groups excluding carboxylic acids is 1. The normalized spacial score (nSPS) is 19.6. The van der Waals surface area contributed by atoms with E-state index in [0.29, 0.717) is 25.1 Å². The Bertz CT molecular complexity index is 596. The zero-order chi connectivity index (χ0) is 15.5. The fourth-order valence-corrected chi connectivity index (χ4v) is 4.32. The van der Waals surface area contributed by atoms with E-state index in [-0.39, 0.29) is 11.7 Å². The van der Waals surface area contributed by atoms with Gasteiger partial charge in [0.2, 0.25) is 15.9 Å². The largest absolute Gasteiger partial charge is 0.325 e. The van der Waals surface area contributed by atoms with Crippen molar-refractivity contribution in [3.05, 3.63) is 29.8 Å². The van der Waals surface area contributed by atoms with Crippen molar-refractivity contribution in [2.45, 2.75) is 39.2 Å². The fraction of sp³-hybridized carbons (Fsp3) is 0.533. The number of anilines is 1. The summed E-state index contributed by atoms with van der Waals surface area (Å²) in [4.78, 5) is 12.3. The van der Waals surface area contributed by atoms with Crippen LogP contribution >= 0.6 is 0 Å². The molecule has 116 valence electrons. The summed E-state index contributed by atoms with van der Waals surface area (Å²) in [6.07, 6.45) is 1.88. The van der Waals surface area contributed by atoms with Gasteiger partial charge >= 0.3 is 0 Å². The van der Waals surface area contributed by atoms with Gasteiger partial charge in [0.05, 0.1) is 5.75 Å². The minimum atomic E-state index is -3.33. The molecule has 0 bridgehead atoms. The van der Waals surface area contributed by atoms with Gasteiger partial charge in [-0.1, -0.05) is 24.6 Å². The lowest BCUT2D eigenvalue weighted by atomic mass is 10.2. The smallest absolute Gasteiger partial charge is 0.242 e. The Morgan fingerprint density at radius 1 is 1.33 bits per heavy atom. The first-order valence-electron chi connectivity index (χ1n) is 7.31. The Morgan fingerprint density at radius 3 is 2.62 bits per heavy atom. The van der Waals surface area contributed by atoms with Gasteiger partial charge < -0.3 is 5.32 Å². The average molecular weight is 310 g/mol. The van der Waals surface area contributed by atoms with E-state index < -0.39 is 16.1 Å². The van der Waals surface area contributed by atoms with Crippen LogP contribution in [0.15, 0.2) is 24.3 Å². The zero-order valence-electron chi connectivity index (χ0n) is 12.5. The third-order valence-corrected chi connectivity index (χ3v) is 5.72. The SMILES string of the molecule is CCCS(=O)(=O)N1CCCC1C(=O)Nc1ccc(C)cc1. The molecule has 1 amide bonds. The van der Waals surface area contributed by atoms with Crippen LogP contribution in [0.1, 0.15) is 31.7 Å². The van der Waals surface area contributed by atoms with Crippen molar-refractivity contribution in [1.29, 1.82) is 0 Å². The molecule has 1 aliphatic heterocycles. The molecule has 2 rings (SSSR count). The number of nitrogens with zero attached hydrogens (tertiary/aromatic N) is 1. The monoisotopic (exact) mass is 310 g/mol. The Labute approximate surface area is 126 Å². The highest BCUT2D eigenvalue weighted by atomic mass is 32.2. The van der Waals surface area contributed by atoms with Crippen molar-refractivity contribution in [2.75, 3.05) is 17.6 Å². The van der Waals surface area contributed by atoms with E-state index in [9.17, 15) is 13.2 Å². The topological polar surface area (TPSA) is 66.5 Å². The molecule has 1 atom stereocenters. The summed E-state index contributed by atoms with van der Waals surface area (Å²) >= 11 is 0. The number of aryl methyl sites for hydroxylation is 1. The molecule has 1 fully saturated rings. The van der Waals surface area contributed by atoms with E-state index in [1.807, 2.05) is 38.1 Å². The maximum absolute atomic E-state index is 12.3. The van der Waals surface area contributed by atoms with Crippen LogP contribution in [0.5, 0.6) is 0 Å². The number of sulfonamides is 1. The number of benzene rings is 1.